The second-order valence-electron chi connectivity index (χ2n) is 6.73. The second-order valence-corrected chi connectivity index (χ2v) is 6.73. The number of unbranched alkanes of at least 4 members (excludes halogenated alkanes) is 1. The number of benzene rings is 1. The predicted octanol–water partition coefficient (Wildman–Crippen LogP) is 2.45. The number of aliphatic imine (C=N–C) groups is 1. The molecule has 0 aliphatic heterocycles. The molecule has 0 saturated carbocycles. The van der Waals surface area contributed by atoms with Gasteiger partial charge >= 0.3 is 0 Å². The maximum atomic E-state index is 12.0. The molecule has 0 fully saturated rings. The number of likely N-dealkylation sites (N-methyl/N-ethyl adjacent to an activating group) is 1. The van der Waals surface area contributed by atoms with Crippen molar-refractivity contribution in [1.82, 2.24) is 20.4 Å². The minimum Gasteiger partial charge on any atom is -0.356 e. The van der Waals surface area contributed by atoms with Crippen molar-refractivity contribution in [2.75, 3.05) is 54.4 Å². The van der Waals surface area contributed by atoms with Crippen LogP contribution >= 0.6 is 24.0 Å². The van der Waals surface area contributed by atoms with Gasteiger partial charge in [0.2, 0.25) is 0 Å². The van der Waals surface area contributed by atoms with Gasteiger partial charge in [-0.2, -0.15) is 0 Å². The minimum absolute atomic E-state index is 0. The molecular formula is C20H36IN5O. The number of hydrogen-bond donors (Lipinski definition) is 2. The molecule has 7 heteroatoms. The van der Waals surface area contributed by atoms with Crippen molar-refractivity contribution in [2.45, 2.75) is 26.2 Å². The minimum atomic E-state index is 0. The zero-order chi connectivity index (χ0) is 19.4. The summed E-state index contributed by atoms with van der Waals surface area (Å²) >= 11 is 0. The van der Waals surface area contributed by atoms with E-state index in [4.69, 9.17) is 0 Å². The van der Waals surface area contributed by atoms with Gasteiger partial charge in [-0.15, -0.1) is 24.0 Å². The SMILES string of the molecule is CCCCN(C)CCNC(=NC)NCCc1cccc(C(=O)N(C)C)c1.I. The third kappa shape index (κ3) is 10.5. The normalized spacial score (nSPS) is 11.1. The first-order valence-corrected chi connectivity index (χ1v) is 9.41. The summed E-state index contributed by atoms with van der Waals surface area (Å²) in [6.07, 6.45) is 3.30. The number of nitrogens with zero attached hydrogens (tertiary/aromatic N) is 3. The Morgan fingerprint density at radius 3 is 2.44 bits per heavy atom. The topological polar surface area (TPSA) is 60.0 Å². The van der Waals surface area contributed by atoms with E-state index in [1.54, 1.807) is 26.0 Å². The van der Waals surface area contributed by atoms with Crippen LogP contribution in [0, 0.1) is 0 Å². The van der Waals surface area contributed by atoms with Crippen LogP contribution < -0.4 is 10.6 Å². The highest BCUT2D eigenvalue weighted by Crippen LogP contribution is 2.07. The predicted molar refractivity (Wildman–Crippen MR) is 125 cm³/mol. The van der Waals surface area contributed by atoms with Gasteiger partial charge in [-0.25, -0.2) is 0 Å². The van der Waals surface area contributed by atoms with Crippen molar-refractivity contribution in [3.8, 4) is 0 Å². The molecule has 0 saturated heterocycles. The molecule has 0 aromatic heterocycles. The van der Waals surface area contributed by atoms with Crippen LogP contribution in [0.3, 0.4) is 0 Å². The average molecular weight is 489 g/mol. The van der Waals surface area contributed by atoms with Crippen molar-refractivity contribution >= 4 is 35.8 Å². The lowest BCUT2D eigenvalue weighted by molar-refractivity contribution is 0.0827. The summed E-state index contributed by atoms with van der Waals surface area (Å²) in [6.45, 7) is 5.98. The molecule has 0 heterocycles. The number of carbonyl (C=O) groups is 1. The zero-order valence-corrected chi connectivity index (χ0v) is 19.7. The fourth-order valence-corrected chi connectivity index (χ4v) is 2.57. The van der Waals surface area contributed by atoms with Crippen LogP contribution in [0.5, 0.6) is 0 Å². The monoisotopic (exact) mass is 489 g/mol. The summed E-state index contributed by atoms with van der Waals surface area (Å²) < 4.78 is 0. The van der Waals surface area contributed by atoms with Gasteiger partial charge in [0, 0.05) is 46.3 Å². The molecule has 1 aromatic carbocycles. The van der Waals surface area contributed by atoms with Crippen molar-refractivity contribution < 1.29 is 4.79 Å². The fraction of sp³-hybridized carbons (Fsp3) is 0.600. The Kier molecular flexibility index (Phi) is 13.9. The number of nitrogens with one attached hydrogen (secondary N) is 2. The summed E-state index contributed by atoms with van der Waals surface area (Å²) in [5.41, 5.74) is 1.87. The molecule has 0 unspecified atom stereocenters. The van der Waals surface area contributed by atoms with Gasteiger partial charge in [-0.3, -0.25) is 9.79 Å². The highest BCUT2D eigenvalue weighted by molar-refractivity contribution is 14.0. The van der Waals surface area contributed by atoms with E-state index in [2.05, 4.69) is 34.5 Å². The van der Waals surface area contributed by atoms with Gasteiger partial charge in [0.15, 0.2) is 5.96 Å². The Morgan fingerprint density at radius 1 is 1.11 bits per heavy atom. The summed E-state index contributed by atoms with van der Waals surface area (Å²) in [5.74, 6) is 0.846. The van der Waals surface area contributed by atoms with Crippen LogP contribution in [0.25, 0.3) is 0 Å². The molecule has 1 rings (SSSR count). The first kappa shape index (κ1) is 25.6. The summed E-state index contributed by atoms with van der Waals surface area (Å²) in [5, 5.41) is 6.68. The third-order valence-electron chi connectivity index (χ3n) is 4.19. The summed E-state index contributed by atoms with van der Waals surface area (Å²) in [6, 6.07) is 7.80. The van der Waals surface area contributed by atoms with Gasteiger partial charge in [0.05, 0.1) is 0 Å². The van der Waals surface area contributed by atoms with E-state index in [9.17, 15) is 4.79 Å². The van der Waals surface area contributed by atoms with E-state index in [1.807, 2.05) is 24.3 Å². The van der Waals surface area contributed by atoms with Crippen LogP contribution in [0.2, 0.25) is 0 Å². The van der Waals surface area contributed by atoms with Gasteiger partial charge in [0.25, 0.3) is 5.91 Å². The van der Waals surface area contributed by atoms with Crippen LogP contribution in [-0.4, -0.2) is 76.0 Å². The lowest BCUT2D eigenvalue weighted by Crippen LogP contribution is -2.41. The Hall–Kier alpha value is -1.35. The Morgan fingerprint density at radius 2 is 1.81 bits per heavy atom. The molecule has 0 atom stereocenters. The van der Waals surface area contributed by atoms with E-state index in [0.29, 0.717) is 0 Å². The van der Waals surface area contributed by atoms with Crippen LogP contribution in [-0.2, 0) is 6.42 Å². The molecule has 0 bridgehead atoms. The van der Waals surface area contributed by atoms with Crippen molar-refractivity contribution in [3.05, 3.63) is 35.4 Å². The smallest absolute Gasteiger partial charge is 0.253 e. The molecule has 1 aromatic rings. The van der Waals surface area contributed by atoms with Crippen molar-refractivity contribution in [1.29, 1.82) is 0 Å². The highest BCUT2D eigenvalue weighted by atomic mass is 127. The number of halogens is 1. The first-order valence-electron chi connectivity index (χ1n) is 9.41. The van der Waals surface area contributed by atoms with E-state index in [-0.39, 0.29) is 29.9 Å². The number of rotatable bonds is 10. The first-order chi connectivity index (χ1) is 12.5. The van der Waals surface area contributed by atoms with Crippen molar-refractivity contribution in [3.63, 3.8) is 0 Å². The van der Waals surface area contributed by atoms with Gasteiger partial charge in [-0.05, 0) is 44.1 Å². The van der Waals surface area contributed by atoms with E-state index >= 15 is 0 Å². The molecular weight excluding hydrogens is 453 g/mol. The van der Waals surface area contributed by atoms with Crippen LogP contribution in [0.4, 0.5) is 0 Å². The molecule has 27 heavy (non-hydrogen) atoms. The maximum Gasteiger partial charge on any atom is 0.253 e. The van der Waals surface area contributed by atoms with E-state index < -0.39 is 0 Å². The number of carbonyl (C=O) groups excluding carboxylic acids is 1. The lowest BCUT2D eigenvalue weighted by atomic mass is 10.1. The van der Waals surface area contributed by atoms with E-state index in [1.165, 1.54) is 12.8 Å². The quantitative estimate of drug-likeness (QED) is 0.301. The zero-order valence-electron chi connectivity index (χ0n) is 17.4. The van der Waals surface area contributed by atoms with Crippen molar-refractivity contribution in [2.24, 2.45) is 4.99 Å². The number of guanidine groups is 1. The number of hydrogen-bond acceptors (Lipinski definition) is 3. The van der Waals surface area contributed by atoms with Gasteiger partial charge in [-0.1, -0.05) is 25.5 Å². The van der Waals surface area contributed by atoms with Crippen LogP contribution in [0.15, 0.2) is 29.3 Å². The van der Waals surface area contributed by atoms with Gasteiger partial charge < -0.3 is 20.4 Å². The average Bonchev–Trinajstić information content (AvgIpc) is 2.64. The molecule has 1 amide bonds. The summed E-state index contributed by atoms with van der Waals surface area (Å²) in [7, 11) is 7.47. The van der Waals surface area contributed by atoms with E-state index in [0.717, 1.165) is 49.7 Å². The lowest BCUT2D eigenvalue weighted by Gasteiger charge is -2.18. The second kappa shape index (κ2) is 14.7. The molecule has 6 nitrogen and oxygen atoms in total. The standard InChI is InChI=1S/C20H35N5O.HI/c1-6-7-14-25(5)15-13-23-20(21-2)22-12-11-17-9-8-10-18(16-17)19(26)24(3)4;/h8-10,16H,6-7,11-15H2,1-5H3,(H2,21,22,23);1H. The molecule has 0 aliphatic rings. The Bertz CT molecular complexity index is 577. The largest absolute Gasteiger partial charge is 0.356 e. The maximum absolute atomic E-state index is 12.0. The molecule has 0 radical (unpaired) electrons. The fourth-order valence-electron chi connectivity index (χ4n) is 2.57. The summed E-state index contributed by atoms with van der Waals surface area (Å²) in [4.78, 5) is 20.2. The van der Waals surface area contributed by atoms with Gasteiger partial charge in [0.1, 0.15) is 0 Å². The Labute approximate surface area is 181 Å². The Balaban J connectivity index is 0.00000676. The molecule has 0 aliphatic carbocycles. The third-order valence-corrected chi connectivity index (χ3v) is 4.19. The molecule has 0 spiro atoms. The highest BCUT2D eigenvalue weighted by Gasteiger charge is 2.08. The molecule has 154 valence electrons. The number of amides is 1. The molecule has 2 N–H and O–H groups in total. The van der Waals surface area contributed by atoms with Crippen LogP contribution in [0.1, 0.15) is 35.7 Å².